The van der Waals surface area contributed by atoms with E-state index in [0.29, 0.717) is 16.7 Å². The van der Waals surface area contributed by atoms with Crippen LogP contribution in [-0.2, 0) is 9.47 Å². The van der Waals surface area contributed by atoms with Crippen LogP contribution in [0.25, 0.3) is 0 Å². The third-order valence-corrected chi connectivity index (χ3v) is 10.1. The monoisotopic (exact) mass is 362 g/mol. The average Bonchev–Trinajstić information content (AvgIpc) is 3.19. The Morgan fingerprint density at radius 2 is 1.46 bits per heavy atom. The summed E-state index contributed by atoms with van der Waals surface area (Å²) in [6, 6.07) is 0. The Morgan fingerprint density at radius 3 is 2.23 bits per heavy atom. The molecule has 148 valence electrons. The lowest BCUT2D eigenvalue weighted by Gasteiger charge is -2.61. The fourth-order valence-electron chi connectivity index (χ4n) is 8.83. The van der Waals surface area contributed by atoms with Gasteiger partial charge in [0.05, 0.1) is 19.3 Å². The first-order valence-corrected chi connectivity index (χ1v) is 11.3. The molecule has 3 nitrogen and oxygen atoms in total. The third kappa shape index (κ3) is 2.35. The molecule has 0 radical (unpaired) electrons. The molecule has 1 N–H and O–H groups in total. The zero-order valence-corrected chi connectivity index (χ0v) is 17.0. The van der Waals surface area contributed by atoms with Gasteiger partial charge >= 0.3 is 0 Å². The molecular weight excluding hydrogens is 324 g/mol. The molecule has 4 saturated carbocycles. The number of aliphatic hydroxyl groups excluding tert-OH is 1. The summed E-state index contributed by atoms with van der Waals surface area (Å²) in [6.07, 6.45) is 11.4. The van der Waals surface area contributed by atoms with Crippen molar-refractivity contribution in [2.75, 3.05) is 13.2 Å². The van der Waals surface area contributed by atoms with Gasteiger partial charge in [0.1, 0.15) is 0 Å². The summed E-state index contributed by atoms with van der Waals surface area (Å²) in [5.74, 6) is 3.59. The van der Waals surface area contributed by atoms with Crippen LogP contribution in [0.3, 0.4) is 0 Å². The highest BCUT2D eigenvalue weighted by Gasteiger charge is 2.63. The van der Waals surface area contributed by atoms with Crippen LogP contribution < -0.4 is 0 Å². The average molecular weight is 363 g/mol. The Morgan fingerprint density at radius 1 is 0.769 bits per heavy atom. The van der Waals surface area contributed by atoms with E-state index < -0.39 is 0 Å². The highest BCUT2D eigenvalue weighted by atomic mass is 16.7. The quantitative estimate of drug-likeness (QED) is 0.730. The summed E-state index contributed by atoms with van der Waals surface area (Å²) in [4.78, 5) is 0. The Hall–Kier alpha value is -0.120. The first-order valence-electron chi connectivity index (χ1n) is 11.3. The van der Waals surface area contributed by atoms with Gasteiger partial charge in [-0.3, -0.25) is 0 Å². The van der Waals surface area contributed by atoms with Gasteiger partial charge in [-0.05, 0) is 99.2 Å². The van der Waals surface area contributed by atoms with Crippen LogP contribution >= 0.6 is 0 Å². The van der Waals surface area contributed by atoms with Crippen molar-refractivity contribution in [2.24, 2.45) is 40.4 Å². The maximum atomic E-state index is 10.2. The van der Waals surface area contributed by atoms with Gasteiger partial charge in [-0.1, -0.05) is 13.8 Å². The molecule has 0 spiro atoms. The lowest BCUT2D eigenvalue weighted by molar-refractivity contribution is -0.218. The van der Waals surface area contributed by atoms with Gasteiger partial charge in [-0.15, -0.1) is 0 Å². The van der Waals surface area contributed by atoms with Crippen molar-refractivity contribution in [3.05, 3.63) is 0 Å². The maximum Gasteiger partial charge on any atom is 0.169 e. The van der Waals surface area contributed by atoms with Gasteiger partial charge in [0, 0.05) is 5.92 Å². The van der Waals surface area contributed by atoms with E-state index >= 15 is 0 Å². The Balaban J connectivity index is 1.41. The standard InChI is InChI=1S/C23H38O3/c1-21-10-8-16(24)14-15(21)4-5-17-18-6-7-20(23(3)25-12-13-26-23)22(18,2)11-9-19(17)21/h15-20,24H,4-14H2,1-3H3/t15-,16+,17-,18+,19-,20+,21-,22-/m0/s1. The van der Waals surface area contributed by atoms with Crippen LogP contribution in [0.4, 0.5) is 0 Å². The molecule has 0 aromatic carbocycles. The van der Waals surface area contributed by atoms with Crippen LogP contribution in [0.2, 0.25) is 0 Å². The molecule has 1 heterocycles. The molecule has 0 bridgehead atoms. The molecule has 4 aliphatic carbocycles. The van der Waals surface area contributed by atoms with Crippen molar-refractivity contribution < 1.29 is 14.6 Å². The Kier molecular flexibility index (Phi) is 4.10. The van der Waals surface area contributed by atoms with Gasteiger partial charge in [0.25, 0.3) is 0 Å². The summed E-state index contributed by atoms with van der Waals surface area (Å²) in [6.45, 7) is 8.90. The molecule has 5 aliphatic rings. The number of aliphatic hydroxyl groups is 1. The zero-order chi connectivity index (χ0) is 18.2. The number of rotatable bonds is 1. The smallest absolute Gasteiger partial charge is 0.169 e. The van der Waals surface area contributed by atoms with Gasteiger partial charge in [-0.25, -0.2) is 0 Å². The van der Waals surface area contributed by atoms with E-state index in [1.54, 1.807) is 0 Å². The molecule has 3 heteroatoms. The number of ether oxygens (including phenoxy) is 2. The molecular formula is C23H38O3. The van der Waals surface area contributed by atoms with Crippen LogP contribution in [-0.4, -0.2) is 30.2 Å². The van der Waals surface area contributed by atoms with Crippen LogP contribution in [0.5, 0.6) is 0 Å². The van der Waals surface area contributed by atoms with E-state index in [1.165, 1.54) is 44.9 Å². The molecule has 0 unspecified atom stereocenters. The summed E-state index contributed by atoms with van der Waals surface area (Å²) >= 11 is 0. The molecule has 1 saturated heterocycles. The van der Waals surface area contributed by atoms with Crippen LogP contribution in [0.1, 0.15) is 78.6 Å². The third-order valence-electron chi connectivity index (χ3n) is 10.1. The van der Waals surface area contributed by atoms with Crippen molar-refractivity contribution in [3.8, 4) is 0 Å². The molecule has 26 heavy (non-hydrogen) atoms. The van der Waals surface area contributed by atoms with E-state index in [4.69, 9.17) is 9.47 Å². The Bertz CT molecular complexity index is 556. The predicted octanol–water partition coefficient (Wildman–Crippen LogP) is 4.77. The van der Waals surface area contributed by atoms with Crippen molar-refractivity contribution in [2.45, 2.75) is 90.4 Å². The van der Waals surface area contributed by atoms with E-state index in [2.05, 4.69) is 20.8 Å². The topological polar surface area (TPSA) is 38.7 Å². The van der Waals surface area contributed by atoms with Crippen molar-refractivity contribution in [1.82, 2.24) is 0 Å². The minimum atomic E-state index is -0.341. The molecule has 1 aliphatic heterocycles. The molecule has 5 fully saturated rings. The van der Waals surface area contributed by atoms with E-state index in [0.717, 1.165) is 49.7 Å². The summed E-state index contributed by atoms with van der Waals surface area (Å²) in [5, 5.41) is 10.2. The summed E-state index contributed by atoms with van der Waals surface area (Å²) < 4.78 is 12.3. The van der Waals surface area contributed by atoms with Gasteiger partial charge in [-0.2, -0.15) is 0 Å². The Labute approximate surface area is 159 Å². The van der Waals surface area contributed by atoms with E-state index in [1.807, 2.05) is 0 Å². The second kappa shape index (κ2) is 5.94. The fraction of sp³-hybridized carbons (Fsp3) is 1.00. The van der Waals surface area contributed by atoms with Crippen molar-refractivity contribution >= 4 is 0 Å². The lowest BCUT2D eigenvalue weighted by Crippen LogP contribution is -2.55. The fourth-order valence-corrected chi connectivity index (χ4v) is 8.83. The first kappa shape index (κ1) is 17.9. The molecule has 5 rings (SSSR count). The maximum absolute atomic E-state index is 10.2. The first-order chi connectivity index (χ1) is 12.4. The normalized spacial score (nSPS) is 55.8. The van der Waals surface area contributed by atoms with Crippen molar-refractivity contribution in [1.29, 1.82) is 0 Å². The molecule has 0 amide bonds. The van der Waals surface area contributed by atoms with Crippen molar-refractivity contribution in [3.63, 3.8) is 0 Å². The van der Waals surface area contributed by atoms with Crippen LogP contribution in [0.15, 0.2) is 0 Å². The summed E-state index contributed by atoms with van der Waals surface area (Å²) in [7, 11) is 0. The lowest BCUT2D eigenvalue weighted by atomic mass is 9.44. The highest BCUT2D eigenvalue weighted by Crippen LogP contribution is 2.69. The zero-order valence-electron chi connectivity index (χ0n) is 17.0. The minimum Gasteiger partial charge on any atom is -0.393 e. The highest BCUT2D eigenvalue weighted by molar-refractivity contribution is 5.11. The molecule has 0 aromatic heterocycles. The van der Waals surface area contributed by atoms with Gasteiger partial charge in [0.2, 0.25) is 0 Å². The number of hydrogen-bond donors (Lipinski definition) is 1. The largest absolute Gasteiger partial charge is 0.393 e. The second-order valence-corrected chi connectivity index (χ2v) is 11.0. The van der Waals surface area contributed by atoms with Gasteiger partial charge < -0.3 is 14.6 Å². The van der Waals surface area contributed by atoms with Gasteiger partial charge in [0.15, 0.2) is 5.79 Å². The second-order valence-electron chi connectivity index (χ2n) is 11.0. The summed E-state index contributed by atoms with van der Waals surface area (Å²) in [5.41, 5.74) is 0.865. The molecule has 0 aromatic rings. The number of fused-ring (bicyclic) bond motifs is 5. The predicted molar refractivity (Wildman–Crippen MR) is 102 cm³/mol. The van der Waals surface area contributed by atoms with E-state index in [-0.39, 0.29) is 11.9 Å². The number of hydrogen-bond acceptors (Lipinski definition) is 3. The minimum absolute atomic E-state index is 0.0362. The van der Waals surface area contributed by atoms with Crippen LogP contribution in [0, 0.1) is 40.4 Å². The molecule has 8 atom stereocenters. The van der Waals surface area contributed by atoms with E-state index in [9.17, 15) is 5.11 Å². The SMILES string of the molecule is CC1([C@@H]2CC[C@@H]3[C@@H]4CC[C@H]5C[C@H](O)CC[C@]5(C)[C@H]4CC[C@@]32C)OCCO1.